The number of alkyl carbamates (subject to hydrolysis) is 1. The summed E-state index contributed by atoms with van der Waals surface area (Å²) >= 11 is 0. The summed E-state index contributed by atoms with van der Waals surface area (Å²) < 4.78 is 12.9. The van der Waals surface area contributed by atoms with Crippen molar-refractivity contribution in [2.24, 2.45) is 0 Å². The van der Waals surface area contributed by atoms with Crippen molar-refractivity contribution < 1.29 is 14.3 Å². The van der Waals surface area contributed by atoms with E-state index in [1.807, 2.05) is 70.3 Å². The number of anilines is 1. The van der Waals surface area contributed by atoms with Gasteiger partial charge in [-0.05, 0) is 57.9 Å². The van der Waals surface area contributed by atoms with E-state index in [1.54, 1.807) is 7.11 Å². The molecule has 0 spiro atoms. The number of rotatable bonds is 7. The van der Waals surface area contributed by atoms with Crippen molar-refractivity contribution in [2.45, 2.75) is 39.7 Å². The van der Waals surface area contributed by atoms with Crippen LogP contribution in [0, 0.1) is 6.92 Å². The van der Waals surface area contributed by atoms with Gasteiger partial charge in [0.25, 0.3) is 0 Å². The maximum atomic E-state index is 11.8. The first-order valence-corrected chi connectivity index (χ1v) is 11.4. The molecule has 0 aliphatic rings. The summed E-state index contributed by atoms with van der Waals surface area (Å²) in [6.07, 6.45) is 2.16. The molecule has 8 heteroatoms. The van der Waals surface area contributed by atoms with Crippen molar-refractivity contribution >= 4 is 28.6 Å². The van der Waals surface area contributed by atoms with Gasteiger partial charge < -0.3 is 20.1 Å². The zero-order valence-electron chi connectivity index (χ0n) is 20.3. The van der Waals surface area contributed by atoms with Gasteiger partial charge >= 0.3 is 6.09 Å². The first kappa shape index (κ1) is 23.4. The monoisotopic (exact) mass is 461 g/mol. The summed E-state index contributed by atoms with van der Waals surface area (Å²) in [4.78, 5) is 21.3. The molecular formula is C26H31N5O3. The maximum absolute atomic E-state index is 11.8. The predicted molar refractivity (Wildman–Crippen MR) is 135 cm³/mol. The molecule has 0 atom stereocenters. The van der Waals surface area contributed by atoms with Crippen LogP contribution in [0.3, 0.4) is 0 Å². The van der Waals surface area contributed by atoms with E-state index in [9.17, 15) is 4.79 Å². The van der Waals surface area contributed by atoms with Crippen molar-refractivity contribution in [3.63, 3.8) is 0 Å². The molecule has 0 fully saturated rings. The Hall–Kier alpha value is -3.81. The molecule has 0 saturated heterocycles. The van der Waals surface area contributed by atoms with E-state index in [1.165, 1.54) is 0 Å². The molecule has 2 heterocycles. The molecule has 0 aliphatic carbocycles. The van der Waals surface area contributed by atoms with Crippen LogP contribution in [0.15, 0.2) is 48.7 Å². The number of carbonyl (C=O) groups excluding carboxylic acids is 1. The normalized spacial score (nSPS) is 11.6. The van der Waals surface area contributed by atoms with Crippen LogP contribution in [0.2, 0.25) is 0 Å². The third kappa shape index (κ3) is 5.06. The lowest BCUT2D eigenvalue weighted by atomic mass is 10.1. The van der Waals surface area contributed by atoms with Gasteiger partial charge in [-0.3, -0.25) is 4.40 Å². The molecule has 2 aromatic heterocycles. The molecule has 2 aromatic carbocycles. The Morgan fingerprint density at radius 2 is 1.91 bits per heavy atom. The highest BCUT2D eigenvalue weighted by Crippen LogP contribution is 2.31. The molecule has 0 radical (unpaired) electrons. The summed E-state index contributed by atoms with van der Waals surface area (Å²) in [6, 6.07) is 14.2. The number of aromatic nitrogens is 3. The molecule has 0 saturated carbocycles. The Labute approximate surface area is 199 Å². The summed E-state index contributed by atoms with van der Waals surface area (Å²) in [5.41, 5.74) is 5.12. The lowest BCUT2D eigenvalue weighted by molar-refractivity contribution is 0.0528. The Morgan fingerprint density at radius 1 is 1.12 bits per heavy atom. The Kier molecular flexibility index (Phi) is 6.58. The quantitative estimate of drug-likeness (QED) is 0.368. The fourth-order valence-electron chi connectivity index (χ4n) is 3.78. The fraction of sp³-hybridized carbons (Fsp3) is 0.346. The number of imidazole rings is 1. The van der Waals surface area contributed by atoms with Crippen LogP contribution in [-0.2, 0) is 4.74 Å². The van der Waals surface area contributed by atoms with Gasteiger partial charge in [-0.15, -0.1) is 0 Å². The number of hydrogen-bond acceptors (Lipinski definition) is 6. The topological polar surface area (TPSA) is 89.8 Å². The Balaban J connectivity index is 1.58. The number of nitrogens with one attached hydrogen (secondary N) is 2. The minimum Gasteiger partial charge on any atom is -0.496 e. The van der Waals surface area contributed by atoms with Gasteiger partial charge in [-0.2, -0.15) is 0 Å². The Morgan fingerprint density at radius 3 is 2.68 bits per heavy atom. The highest BCUT2D eigenvalue weighted by molar-refractivity contribution is 5.86. The first-order chi connectivity index (χ1) is 16.3. The van der Waals surface area contributed by atoms with Crippen LogP contribution in [-0.4, -0.2) is 46.3 Å². The third-order valence-electron chi connectivity index (χ3n) is 5.35. The van der Waals surface area contributed by atoms with Gasteiger partial charge in [0.1, 0.15) is 11.4 Å². The number of benzene rings is 2. The minimum atomic E-state index is -0.511. The van der Waals surface area contributed by atoms with Gasteiger partial charge in [0, 0.05) is 18.7 Å². The van der Waals surface area contributed by atoms with Crippen LogP contribution < -0.4 is 15.4 Å². The van der Waals surface area contributed by atoms with Gasteiger partial charge in [0.2, 0.25) is 0 Å². The number of aryl methyl sites for hydroxylation is 1. The van der Waals surface area contributed by atoms with E-state index >= 15 is 0 Å². The van der Waals surface area contributed by atoms with Gasteiger partial charge in [0.15, 0.2) is 11.5 Å². The lowest BCUT2D eigenvalue weighted by Gasteiger charge is -2.19. The van der Waals surface area contributed by atoms with Gasteiger partial charge in [0.05, 0.1) is 30.0 Å². The number of amides is 1. The van der Waals surface area contributed by atoms with E-state index in [0.29, 0.717) is 25.3 Å². The lowest BCUT2D eigenvalue weighted by Crippen LogP contribution is -2.33. The van der Waals surface area contributed by atoms with Crippen molar-refractivity contribution in [2.75, 3.05) is 25.5 Å². The fourth-order valence-corrected chi connectivity index (χ4v) is 3.78. The average molecular weight is 462 g/mol. The molecule has 0 unspecified atom stereocenters. The number of nitrogens with zero attached hydrogens (tertiary/aromatic N) is 3. The van der Waals surface area contributed by atoms with E-state index in [0.717, 1.165) is 39.3 Å². The first-order valence-electron chi connectivity index (χ1n) is 11.4. The molecule has 34 heavy (non-hydrogen) atoms. The van der Waals surface area contributed by atoms with E-state index in [4.69, 9.17) is 19.4 Å². The highest BCUT2D eigenvalue weighted by Gasteiger charge is 2.17. The van der Waals surface area contributed by atoms with Crippen molar-refractivity contribution in [1.29, 1.82) is 0 Å². The number of fused-ring (bicyclic) bond motifs is 3. The SMILES string of the molecule is COc1cc(-c2cnc3c(NCCCNC(=O)OC(C)(C)C)nc4ccccc4n23)ccc1C. The zero-order valence-corrected chi connectivity index (χ0v) is 20.3. The number of hydrogen-bond donors (Lipinski definition) is 2. The number of methoxy groups -OCH3 is 1. The summed E-state index contributed by atoms with van der Waals surface area (Å²) in [5, 5.41) is 6.17. The second-order valence-corrected chi connectivity index (χ2v) is 9.14. The zero-order chi connectivity index (χ0) is 24.3. The third-order valence-corrected chi connectivity index (χ3v) is 5.35. The molecule has 1 amide bonds. The van der Waals surface area contributed by atoms with Crippen molar-refractivity contribution in [3.8, 4) is 17.0 Å². The van der Waals surface area contributed by atoms with Crippen LogP contribution >= 0.6 is 0 Å². The second kappa shape index (κ2) is 9.59. The Bertz CT molecular complexity index is 1320. The molecule has 4 rings (SSSR count). The minimum absolute atomic E-state index is 0.412. The maximum Gasteiger partial charge on any atom is 0.407 e. The van der Waals surface area contributed by atoms with Gasteiger partial charge in [-0.25, -0.2) is 14.8 Å². The average Bonchev–Trinajstić information content (AvgIpc) is 3.24. The number of para-hydroxylation sites is 2. The molecule has 8 nitrogen and oxygen atoms in total. The van der Waals surface area contributed by atoms with Crippen LogP contribution in [0.1, 0.15) is 32.8 Å². The molecule has 0 bridgehead atoms. The second-order valence-electron chi connectivity index (χ2n) is 9.14. The number of carbonyl (C=O) groups is 1. The summed E-state index contributed by atoms with van der Waals surface area (Å²) in [5.74, 6) is 1.53. The molecule has 0 aliphatic heterocycles. The van der Waals surface area contributed by atoms with Crippen molar-refractivity contribution in [1.82, 2.24) is 19.7 Å². The van der Waals surface area contributed by atoms with Crippen LogP contribution in [0.5, 0.6) is 5.75 Å². The van der Waals surface area contributed by atoms with Gasteiger partial charge in [-0.1, -0.05) is 24.3 Å². The summed E-state index contributed by atoms with van der Waals surface area (Å²) in [6.45, 7) is 8.67. The van der Waals surface area contributed by atoms with E-state index < -0.39 is 11.7 Å². The van der Waals surface area contributed by atoms with E-state index in [2.05, 4.69) is 21.1 Å². The van der Waals surface area contributed by atoms with Crippen molar-refractivity contribution in [3.05, 3.63) is 54.2 Å². The highest BCUT2D eigenvalue weighted by atomic mass is 16.6. The molecule has 4 aromatic rings. The largest absolute Gasteiger partial charge is 0.496 e. The molecule has 2 N–H and O–H groups in total. The van der Waals surface area contributed by atoms with E-state index in [-0.39, 0.29) is 0 Å². The standard InChI is InChI=1S/C26H31N5O3/c1-17-11-12-18(15-22(17)33-5)21-16-29-24-23(30-19-9-6-7-10-20(19)31(21)24)27-13-8-14-28-25(32)34-26(2,3)4/h6-7,9-12,15-16H,8,13-14H2,1-5H3,(H,27,30)(H,28,32). The van der Waals surface area contributed by atoms with Crippen LogP contribution in [0.4, 0.5) is 10.6 Å². The predicted octanol–water partition coefficient (Wildman–Crippen LogP) is 5.19. The number of ether oxygens (including phenoxy) is 2. The van der Waals surface area contributed by atoms with Crippen LogP contribution in [0.25, 0.3) is 27.9 Å². The molecular weight excluding hydrogens is 430 g/mol. The molecule has 178 valence electrons. The summed E-state index contributed by atoms with van der Waals surface area (Å²) in [7, 11) is 1.68. The smallest absolute Gasteiger partial charge is 0.407 e.